The predicted octanol–water partition coefficient (Wildman–Crippen LogP) is 17.1. The van der Waals surface area contributed by atoms with Crippen molar-refractivity contribution >= 4 is 11.1 Å². The van der Waals surface area contributed by atoms with E-state index in [0.717, 1.165) is 98.1 Å². The van der Waals surface area contributed by atoms with Gasteiger partial charge in [0.2, 0.25) is 0 Å². The monoisotopic (exact) mass is 1190 g/mol. The Hall–Kier alpha value is -10.8. The third kappa shape index (κ3) is 9.07. The van der Waals surface area contributed by atoms with Gasteiger partial charge in [0.1, 0.15) is 0 Å². The number of hydrogen-bond acceptors (Lipinski definition) is 4. The highest BCUT2D eigenvalue weighted by Crippen LogP contribution is 2.45. The van der Waals surface area contributed by atoms with Gasteiger partial charge >= 0.3 is 0 Å². The van der Waals surface area contributed by atoms with Crippen molar-refractivity contribution in [2.75, 3.05) is 0 Å². The minimum Gasteiger partial charge on any atom is -0.285 e. The maximum Gasteiger partial charge on any atom is 0.170 e. The summed E-state index contributed by atoms with van der Waals surface area (Å²) in [5.74, 6) is -28.9. The molecule has 12 rings (SSSR count). The molecule has 0 saturated carbocycles. The summed E-state index contributed by atoms with van der Waals surface area (Å²) in [7, 11) is 0. The van der Waals surface area contributed by atoms with E-state index in [1.54, 1.807) is 0 Å². The third-order valence-corrected chi connectivity index (χ3v) is 14.3. The Morgan fingerprint density at radius 3 is 0.465 bits per heavy atom. The largest absolute Gasteiger partial charge is 0.285 e. The number of halogens is 16. The molecule has 4 heterocycles. The van der Waals surface area contributed by atoms with Crippen molar-refractivity contribution in [3.8, 4) is 89.0 Å². The highest BCUT2D eigenvalue weighted by atomic mass is 19.2. The summed E-state index contributed by atoms with van der Waals surface area (Å²) >= 11 is 0. The number of nitrogens with one attached hydrogen (secondary N) is 4. The Morgan fingerprint density at radius 1 is 0.198 bits per heavy atom. The molecule has 0 aliphatic heterocycles. The van der Waals surface area contributed by atoms with Gasteiger partial charge in [-0.3, -0.25) is 20.4 Å². The topological polar surface area (TPSA) is 115 Å². The minimum absolute atomic E-state index is 0.00696. The Kier molecular flexibility index (Phi) is 14.1. The lowest BCUT2D eigenvalue weighted by Crippen LogP contribution is -2.04. The van der Waals surface area contributed by atoms with Crippen LogP contribution in [-0.2, 0) is 0 Å². The van der Waals surface area contributed by atoms with E-state index in [1.807, 2.05) is 0 Å². The number of aromatic amines is 4. The zero-order chi connectivity index (χ0) is 60.6. The molecule has 0 aliphatic carbocycles. The summed E-state index contributed by atoms with van der Waals surface area (Å²) in [4.78, 5) is 0. The quantitative estimate of drug-likeness (QED) is 0.0554. The average molecular weight is 1190 g/mol. The van der Waals surface area contributed by atoms with Crippen LogP contribution in [-0.4, -0.2) is 40.8 Å². The molecular weight excluding hydrogens is 1160 g/mol. The van der Waals surface area contributed by atoms with E-state index in [0.29, 0.717) is 0 Å². The zero-order valence-electron chi connectivity index (χ0n) is 42.7. The molecule has 0 bridgehead atoms. The molecular formula is C62H28F16N8. The summed E-state index contributed by atoms with van der Waals surface area (Å²) in [6, 6.07) is 17.8. The first-order chi connectivity index (χ1) is 41.4. The average Bonchev–Trinajstić information content (AvgIpc) is 1.32. The van der Waals surface area contributed by atoms with E-state index in [2.05, 4.69) is 40.8 Å². The van der Waals surface area contributed by atoms with Crippen molar-refractivity contribution in [2.24, 2.45) is 0 Å². The van der Waals surface area contributed by atoms with Crippen LogP contribution >= 0.6 is 0 Å². The number of aromatic nitrogens is 8. The van der Waals surface area contributed by atoms with Crippen LogP contribution < -0.4 is 0 Å². The van der Waals surface area contributed by atoms with Gasteiger partial charge in [0.05, 0.1) is 69.3 Å². The highest BCUT2D eigenvalue weighted by Gasteiger charge is 2.33. The van der Waals surface area contributed by atoms with Gasteiger partial charge in [-0.15, -0.1) is 0 Å². The molecule has 4 N–H and O–H groups in total. The zero-order valence-corrected chi connectivity index (χ0v) is 42.7. The van der Waals surface area contributed by atoms with Crippen molar-refractivity contribution in [3.63, 3.8) is 0 Å². The molecule has 8 nitrogen and oxygen atoms in total. The van der Waals surface area contributed by atoms with Gasteiger partial charge in [-0.1, -0.05) is 97.1 Å². The molecule has 0 amide bonds. The minimum atomic E-state index is -1.82. The Balaban J connectivity index is 1.08. The Bertz CT molecular complexity index is 3940. The van der Waals surface area contributed by atoms with Crippen molar-refractivity contribution in [1.82, 2.24) is 40.8 Å². The fraction of sp³-hybridized carbons (Fsp3) is 0. The Morgan fingerprint density at radius 2 is 0.337 bits per heavy atom. The molecule has 0 fully saturated rings. The molecule has 428 valence electrons. The van der Waals surface area contributed by atoms with Gasteiger partial charge in [0.25, 0.3) is 0 Å². The molecule has 0 unspecified atom stereocenters. The van der Waals surface area contributed by atoms with Crippen LogP contribution in [0.5, 0.6) is 0 Å². The van der Waals surface area contributed by atoms with Crippen molar-refractivity contribution in [2.45, 2.75) is 0 Å². The lowest BCUT2D eigenvalue weighted by atomic mass is 9.84. The second-order valence-corrected chi connectivity index (χ2v) is 19.0. The van der Waals surface area contributed by atoms with Gasteiger partial charge in [-0.2, -0.15) is 20.4 Å². The summed E-state index contributed by atoms with van der Waals surface area (Å²) in [6.45, 7) is 0. The molecule has 0 spiro atoms. The maximum absolute atomic E-state index is 16.0. The van der Waals surface area contributed by atoms with Crippen molar-refractivity contribution in [1.29, 1.82) is 0 Å². The summed E-state index contributed by atoms with van der Waals surface area (Å²) in [5.41, 5.74) is -12.3. The normalized spacial score (nSPS) is 11.5. The summed E-state index contributed by atoms with van der Waals surface area (Å²) in [5, 5.41) is 23.4. The van der Waals surface area contributed by atoms with Crippen LogP contribution in [0.15, 0.2) is 147 Å². The number of benzene rings is 8. The molecule has 8 aromatic carbocycles. The van der Waals surface area contributed by atoms with E-state index >= 15 is 70.2 Å². The van der Waals surface area contributed by atoms with Gasteiger partial charge in [0, 0.05) is 47.0 Å². The molecule has 0 atom stereocenters. The Labute approximate surface area is 471 Å². The van der Waals surface area contributed by atoms with Crippen LogP contribution in [0.1, 0.15) is 22.3 Å². The molecule has 12 aromatic rings. The second-order valence-electron chi connectivity index (χ2n) is 19.0. The van der Waals surface area contributed by atoms with Gasteiger partial charge in [-0.05, 0) is 55.7 Å². The van der Waals surface area contributed by atoms with Crippen molar-refractivity contribution < 1.29 is 70.2 Å². The highest BCUT2D eigenvalue weighted by molar-refractivity contribution is 6.05. The van der Waals surface area contributed by atoms with E-state index in [-0.39, 0.29) is 55.7 Å². The number of hydrogen-bond donors (Lipinski definition) is 4. The second kappa shape index (κ2) is 21.8. The lowest BCUT2D eigenvalue weighted by molar-refractivity contribution is 0.463. The summed E-state index contributed by atoms with van der Waals surface area (Å²) < 4.78 is 254. The van der Waals surface area contributed by atoms with Gasteiger partial charge < -0.3 is 0 Å². The number of H-pyrrole nitrogens is 4. The molecule has 4 aromatic heterocycles. The third-order valence-electron chi connectivity index (χ3n) is 14.3. The van der Waals surface area contributed by atoms with Gasteiger partial charge in [0.15, 0.2) is 93.1 Å². The standard InChI is InChI=1S/C62H28F16N8/c63-47-39(48(64)56(72)43(55(47)71)33-17-79-80-18-33)29-9-1-25(2-10-29)37(26-3-11-30(12-4-26)40-49(65)57(73)44(58(74)50(40)66)34-19-81-82-20-34)38(27-5-13-31(14-6-27)41-51(67)59(75)45(60(76)52(41)68)35-21-83-84-22-35)28-7-15-32(16-8-28)42-53(69)61(77)46(62(78)54(42)70)36-23-85-86-24-36/h1-24H,(H,79,80)(H,81,82)(H,83,84)(H,85,86). The van der Waals surface area contributed by atoms with Crippen LogP contribution in [0.4, 0.5) is 70.2 Å². The molecule has 0 saturated heterocycles. The van der Waals surface area contributed by atoms with Crippen LogP contribution in [0.3, 0.4) is 0 Å². The van der Waals surface area contributed by atoms with Gasteiger partial charge in [-0.25, -0.2) is 70.2 Å². The maximum atomic E-state index is 16.0. The van der Waals surface area contributed by atoms with Crippen LogP contribution in [0.25, 0.3) is 100 Å². The number of rotatable bonds is 12. The van der Waals surface area contributed by atoms with E-state index < -0.39 is 160 Å². The molecule has 24 heteroatoms. The smallest absolute Gasteiger partial charge is 0.170 e. The van der Waals surface area contributed by atoms with E-state index in [1.165, 1.54) is 48.5 Å². The first-order valence-electron chi connectivity index (χ1n) is 25.0. The first kappa shape index (κ1) is 55.7. The SMILES string of the molecule is Fc1c(F)c(-c2cn[nH]c2)c(F)c(F)c1-c1ccc(C(=C(c2ccc(-c3c(F)c(F)c(-c4cn[nH]c4)c(F)c3F)cc2)c2ccc(-c3c(F)c(F)c(-c4cn[nH]c4)c(F)c3F)cc2)c2ccc(-c3c(F)c(F)c(-c4cn[nH]c4)c(F)c3F)cc2)cc1. The predicted molar refractivity (Wildman–Crippen MR) is 282 cm³/mol. The lowest BCUT2D eigenvalue weighted by Gasteiger charge is -2.20. The number of nitrogens with zero attached hydrogens (tertiary/aromatic N) is 4. The fourth-order valence-electron chi connectivity index (χ4n) is 10.2. The first-order valence-corrected chi connectivity index (χ1v) is 25.0. The van der Waals surface area contributed by atoms with Crippen LogP contribution in [0.2, 0.25) is 0 Å². The van der Waals surface area contributed by atoms with E-state index in [4.69, 9.17) is 0 Å². The van der Waals surface area contributed by atoms with E-state index in [9.17, 15) is 0 Å². The molecule has 86 heavy (non-hydrogen) atoms. The molecule has 0 aliphatic rings. The fourth-order valence-corrected chi connectivity index (χ4v) is 10.2. The molecule has 0 radical (unpaired) electrons. The van der Waals surface area contributed by atoms with Crippen LogP contribution in [0, 0.1) is 93.1 Å². The van der Waals surface area contributed by atoms with Crippen molar-refractivity contribution in [3.05, 3.63) is 262 Å². The summed E-state index contributed by atoms with van der Waals surface area (Å²) in [6.07, 6.45) is 7.64.